The summed E-state index contributed by atoms with van der Waals surface area (Å²) in [5.41, 5.74) is 4.36. The van der Waals surface area contributed by atoms with E-state index in [-0.39, 0.29) is 0 Å². The molecule has 1 N–H and O–H groups in total. The van der Waals surface area contributed by atoms with E-state index in [0.29, 0.717) is 12.1 Å². The summed E-state index contributed by atoms with van der Waals surface area (Å²) in [5, 5.41) is 3.60. The van der Waals surface area contributed by atoms with Crippen LogP contribution in [-0.4, -0.2) is 19.3 Å². The van der Waals surface area contributed by atoms with E-state index in [2.05, 4.69) is 44.3 Å². The van der Waals surface area contributed by atoms with Crippen molar-refractivity contribution in [2.24, 2.45) is 0 Å². The molecule has 0 heterocycles. The van der Waals surface area contributed by atoms with E-state index >= 15 is 0 Å². The van der Waals surface area contributed by atoms with Crippen molar-refractivity contribution in [2.45, 2.75) is 45.8 Å². The number of aryl methyl sites for hydroxylation is 2. The van der Waals surface area contributed by atoms with E-state index in [1.165, 1.54) is 29.5 Å². The Hall–Kier alpha value is -0.860. The summed E-state index contributed by atoms with van der Waals surface area (Å²) in [4.78, 5) is 0. The van der Waals surface area contributed by atoms with Crippen LogP contribution in [0, 0.1) is 6.92 Å². The smallest absolute Gasteiger partial charge is 0.0594 e. The lowest BCUT2D eigenvalue weighted by Gasteiger charge is -2.15. The van der Waals surface area contributed by atoms with E-state index in [0.717, 1.165) is 13.2 Å². The molecule has 0 amide bonds. The van der Waals surface area contributed by atoms with Crippen molar-refractivity contribution in [3.63, 3.8) is 0 Å². The van der Waals surface area contributed by atoms with Crippen LogP contribution >= 0.6 is 0 Å². The fourth-order valence-electron chi connectivity index (χ4n) is 2.46. The van der Waals surface area contributed by atoms with Crippen LogP contribution in [0.1, 0.15) is 43.0 Å². The standard InChI is InChI=1S/C15H23NO/c1-11(2)17-9-8-16-15-7-6-13-5-4-12(3)10-14(13)15/h4-5,10-11,15-16H,6-9H2,1-3H3. The molecule has 1 unspecified atom stereocenters. The van der Waals surface area contributed by atoms with Gasteiger partial charge in [0, 0.05) is 12.6 Å². The molecule has 1 aliphatic carbocycles. The summed E-state index contributed by atoms with van der Waals surface area (Å²) in [7, 11) is 0. The SMILES string of the molecule is Cc1ccc2c(c1)C(NCCOC(C)C)CC2. The van der Waals surface area contributed by atoms with Crippen molar-refractivity contribution in [3.05, 3.63) is 34.9 Å². The van der Waals surface area contributed by atoms with Crippen LogP contribution in [-0.2, 0) is 11.2 Å². The van der Waals surface area contributed by atoms with Gasteiger partial charge in [0.2, 0.25) is 0 Å². The predicted octanol–water partition coefficient (Wildman–Crippen LogP) is 3.00. The molecular weight excluding hydrogens is 210 g/mol. The maximum atomic E-state index is 5.55. The normalized spacial score (nSPS) is 18.7. The van der Waals surface area contributed by atoms with Gasteiger partial charge in [0.15, 0.2) is 0 Å². The molecular formula is C15H23NO. The lowest BCUT2D eigenvalue weighted by atomic mass is 10.1. The Kier molecular flexibility index (Phi) is 4.19. The summed E-state index contributed by atoms with van der Waals surface area (Å²) < 4.78 is 5.55. The Morgan fingerprint density at radius 1 is 1.41 bits per heavy atom. The molecule has 1 aliphatic rings. The summed E-state index contributed by atoms with van der Waals surface area (Å²) >= 11 is 0. The highest BCUT2D eigenvalue weighted by molar-refractivity contribution is 5.37. The highest BCUT2D eigenvalue weighted by Crippen LogP contribution is 2.31. The third-order valence-corrected chi connectivity index (χ3v) is 3.32. The Morgan fingerprint density at radius 2 is 2.24 bits per heavy atom. The van der Waals surface area contributed by atoms with Gasteiger partial charge in [-0.15, -0.1) is 0 Å². The van der Waals surface area contributed by atoms with Crippen LogP contribution in [0.4, 0.5) is 0 Å². The maximum absolute atomic E-state index is 5.55. The highest BCUT2D eigenvalue weighted by atomic mass is 16.5. The van der Waals surface area contributed by atoms with Gasteiger partial charge in [0.1, 0.15) is 0 Å². The van der Waals surface area contributed by atoms with Crippen LogP contribution in [0.5, 0.6) is 0 Å². The first-order valence-corrected chi connectivity index (χ1v) is 6.61. The maximum Gasteiger partial charge on any atom is 0.0594 e. The monoisotopic (exact) mass is 233 g/mol. The van der Waals surface area contributed by atoms with Gasteiger partial charge >= 0.3 is 0 Å². The van der Waals surface area contributed by atoms with E-state index in [1.54, 1.807) is 0 Å². The quantitative estimate of drug-likeness (QED) is 0.789. The molecule has 0 fully saturated rings. The summed E-state index contributed by atoms with van der Waals surface area (Å²) in [6.07, 6.45) is 2.76. The molecule has 0 saturated heterocycles. The Morgan fingerprint density at radius 3 is 3.00 bits per heavy atom. The van der Waals surface area contributed by atoms with Crippen LogP contribution in [0.2, 0.25) is 0 Å². The van der Waals surface area contributed by atoms with Gasteiger partial charge in [-0.2, -0.15) is 0 Å². The third kappa shape index (κ3) is 3.30. The second kappa shape index (κ2) is 5.65. The van der Waals surface area contributed by atoms with Gasteiger partial charge in [0.25, 0.3) is 0 Å². The lowest BCUT2D eigenvalue weighted by molar-refractivity contribution is 0.0793. The largest absolute Gasteiger partial charge is 0.377 e. The molecule has 0 aromatic heterocycles. The third-order valence-electron chi connectivity index (χ3n) is 3.32. The minimum Gasteiger partial charge on any atom is -0.377 e. The molecule has 2 nitrogen and oxygen atoms in total. The zero-order valence-electron chi connectivity index (χ0n) is 11.1. The second-order valence-electron chi connectivity index (χ2n) is 5.17. The Balaban J connectivity index is 1.86. The molecule has 0 aliphatic heterocycles. The van der Waals surface area contributed by atoms with Gasteiger partial charge in [0.05, 0.1) is 12.7 Å². The molecule has 0 radical (unpaired) electrons. The van der Waals surface area contributed by atoms with Gasteiger partial charge in [-0.25, -0.2) is 0 Å². The Bertz CT molecular complexity index is 373. The topological polar surface area (TPSA) is 21.3 Å². The van der Waals surface area contributed by atoms with E-state index in [4.69, 9.17) is 4.74 Å². The first-order valence-electron chi connectivity index (χ1n) is 6.61. The molecule has 17 heavy (non-hydrogen) atoms. The molecule has 1 aromatic rings. The summed E-state index contributed by atoms with van der Waals surface area (Å²) in [6.45, 7) is 8.06. The average molecular weight is 233 g/mol. The van der Waals surface area contributed by atoms with E-state index in [9.17, 15) is 0 Å². The summed E-state index contributed by atoms with van der Waals surface area (Å²) in [6, 6.07) is 7.34. The van der Waals surface area contributed by atoms with Crippen LogP contribution in [0.25, 0.3) is 0 Å². The van der Waals surface area contributed by atoms with Crippen molar-refractivity contribution in [1.29, 1.82) is 0 Å². The van der Waals surface area contributed by atoms with Crippen molar-refractivity contribution >= 4 is 0 Å². The molecule has 2 rings (SSSR count). The molecule has 1 atom stereocenters. The average Bonchev–Trinajstić information content (AvgIpc) is 2.67. The number of rotatable bonds is 5. The second-order valence-corrected chi connectivity index (χ2v) is 5.17. The van der Waals surface area contributed by atoms with Crippen LogP contribution < -0.4 is 5.32 Å². The molecule has 0 bridgehead atoms. The van der Waals surface area contributed by atoms with Crippen molar-refractivity contribution < 1.29 is 4.74 Å². The zero-order valence-corrected chi connectivity index (χ0v) is 11.1. The zero-order chi connectivity index (χ0) is 12.3. The van der Waals surface area contributed by atoms with Crippen LogP contribution in [0.3, 0.4) is 0 Å². The first kappa shape index (κ1) is 12.6. The fraction of sp³-hybridized carbons (Fsp3) is 0.600. The summed E-state index contributed by atoms with van der Waals surface area (Å²) in [5.74, 6) is 0. The highest BCUT2D eigenvalue weighted by Gasteiger charge is 2.21. The minimum absolute atomic E-state index is 0.329. The number of ether oxygens (including phenoxy) is 1. The molecule has 0 saturated carbocycles. The van der Waals surface area contributed by atoms with E-state index < -0.39 is 0 Å². The predicted molar refractivity (Wildman–Crippen MR) is 71.3 cm³/mol. The molecule has 94 valence electrons. The van der Waals surface area contributed by atoms with Crippen molar-refractivity contribution in [1.82, 2.24) is 5.32 Å². The molecule has 2 heteroatoms. The number of fused-ring (bicyclic) bond motifs is 1. The molecule has 0 spiro atoms. The van der Waals surface area contributed by atoms with Gasteiger partial charge in [-0.3, -0.25) is 0 Å². The van der Waals surface area contributed by atoms with Crippen molar-refractivity contribution in [2.75, 3.05) is 13.2 Å². The number of hydrogen-bond donors (Lipinski definition) is 1. The number of nitrogens with one attached hydrogen (secondary N) is 1. The lowest BCUT2D eigenvalue weighted by Crippen LogP contribution is -2.24. The minimum atomic E-state index is 0.329. The fourth-order valence-corrected chi connectivity index (χ4v) is 2.46. The van der Waals surface area contributed by atoms with Gasteiger partial charge in [-0.1, -0.05) is 23.8 Å². The number of hydrogen-bond acceptors (Lipinski definition) is 2. The van der Waals surface area contributed by atoms with Gasteiger partial charge in [-0.05, 0) is 44.7 Å². The van der Waals surface area contributed by atoms with Crippen LogP contribution in [0.15, 0.2) is 18.2 Å². The molecule has 1 aromatic carbocycles. The van der Waals surface area contributed by atoms with Gasteiger partial charge < -0.3 is 10.1 Å². The first-order chi connectivity index (χ1) is 8.16. The number of benzene rings is 1. The Labute approximate surface area is 104 Å². The van der Waals surface area contributed by atoms with E-state index in [1.807, 2.05) is 0 Å². The van der Waals surface area contributed by atoms with Crippen molar-refractivity contribution in [3.8, 4) is 0 Å².